The quantitative estimate of drug-likeness (QED) is 0.521. The summed E-state index contributed by atoms with van der Waals surface area (Å²) in [5, 5.41) is 2.53. The first-order valence-corrected chi connectivity index (χ1v) is 13.2. The lowest BCUT2D eigenvalue weighted by atomic mass is 9.96. The van der Waals surface area contributed by atoms with Crippen LogP contribution in [0.25, 0.3) is 0 Å². The Morgan fingerprint density at radius 2 is 1.34 bits per heavy atom. The number of hydrogen-bond acceptors (Lipinski definition) is 5. The summed E-state index contributed by atoms with van der Waals surface area (Å²) in [5.74, 6) is 0.197. The Morgan fingerprint density at radius 3 is 1.83 bits per heavy atom. The number of benzene rings is 3. The molecule has 1 heterocycles. The van der Waals surface area contributed by atoms with Crippen LogP contribution in [0.4, 0.5) is 0 Å². The molecule has 184 valence electrons. The van der Waals surface area contributed by atoms with Gasteiger partial charge in [-0.1, -0.05) is 60.7 Å². The Labute approximate surface area is 207 Å². The molecule has 1 fully saturated rings. The molecule has 1 aliphatic heterocycles. The molecule has 1 N–H and O–H groups in total. The minimum atomic E-state index is -3.63. The molecule has 0 aromatic heterocycles. The van der Waals surface area contributed by atoms with Gasteiger partial charge in [0.25, 0.3) is 5.91 Å². The Balaban J connectivity index is 1.46. The van der Waals surface area contributed by atoms with Crippen LogP contribution in [0.15, 0.2) is 89.8 Å². The van der Waals surface area contributed by atoms with Gasteiger partial charge in [-0.3, -0.25) is 9.69 Å². The van der Waals surface area contributed by atoms with E-state index in [-0.39, 0.29) is 16.8 Å². The van der Waals surface area contributed by atoms with Crippen molar-refractivity contribution in [3.63, 3.8) is 0 Å². The van der Waals surface area contributed by atoms with Crippen LogP contribution in [0.1, 0.15) is 24.1 Å². The van der Waals surface area contributed by atoms with Crippen molar-refractivity contribution in [3.05, 3.63) is 96.1 Å². The third-order valence-electron chi connectivity index (χ3n) is 6.26. The summed E-state index contributed by atoms with van der Waals surface area (Å²) < 4.78 is 33.7. The Bertz CT molecular complexity index is 1170. The SMILES string of the molecule is CNC(=O)[C@@H](C)Oc1ccc(S(=O)(=O)N2CCN(C(c3ccccc3)c3ccccc3)CC2)cc1. The zero-order chi connectivity index (χ0) is 24.8. The number of nitrogens with one attached hydrogen (secondary N) is 1. The molecule has 3 aromatic carbocycles. The molecule has 0 spiro atoms. The lowest BCUT2D eigenvalue weighted by molar-refractivity contribution is -0.126. The average Bonchev–Trinajstić information content (AvgIpc) is 2.90. The van der Waals surface area contributed by atoms with Gasteiger partial charge in [-0.2, -0.15) is 4.31 Å². The molecule has 0 saturated carbocycles. The lowest BCUT2D eigenvalue weighted by Crippen LogP contribution is -2.49. The highest BCUT2D eigenvalue weighted by Crippen LogP contribution is 2.30. The first-order chi connectivity index (χ1) is 16.9. The molecule has 1 amide bonds. The minimum absolute atomic E-state index is 0.0704. The number of hydrogen-bond donors (Lipinski definition) is 1. The van der Waals surface area contributed by atoms with Gasteiger partial charge in [-0.25, -0.2) is 8.42 Å². The van der Waals surface area contributed by atoms with Gasteiger partial charge in [0.2, 0.25) is 10.0 Å². The third kappa shape index (κ3) is 5.73. The molecule has 1 atom stereocenters. The summed E-state index contributed by atoms with van der Waals surface area (Å²) in [4.78, 5) is 14.2. The molecule has 1 aliphatic rings. The number of piperazine rings is 1. The number of nitrogens with zero attached hydrogens (tertiary/aromatic N) is 2. The number of ether oxygens (including phenoxy) is 1. The van der Waals surface area contributed by atoms with Crippen LogP contribution in [0.5, 0.6) is 5.75 Å². The second kappa shape index (κ2) is 11.0. The van der Waals surface area contributed by atoms with Crippen LogP contribution in [0.2, 0.25) is 0 Å². The number of carbonyl (C=O) groups is 1. The number of likely N-dealkylation sites (N-methyl/N-ethyl adjacent to an activating group) is 1. The smallest absolute Gasteiger partial charge is 0.260 e. The van der Waals surface area contributed by atoms with Crippen molar-refractivity contribution in [2.24, 2.45) is 0 Å². The highest BCUT2D eigenvalue weighted by molar-refractivity contribution is 7.89. The molecule has 4 rings (SSSR count). The van der Waals surface area contributed by atoms with Gasteiger partial charge in [0, 0.05) is 33.2 Å². The van der Waals surface area contributed by atoms with E-state index in [0.29, 0.717) is 31.9 Å². The zero-order valence-electron chi connectivity index (χ0n) is 20.0. The van der Waals surface area contributed by atoms with Crippen molar-refractivity contribution in [1.29, 1.82) is 0 Å². The molecule has 0 bridgehead atoms. The standard InChI is InChI=1S/C27H31N3O4S/c1-21(27(31)28-2)34-24-13-15-25(16-14-24)35(32,33)30-19-17-29(18-20-30)26(22-9-5-3-6-10-22)23-11-7-4-8-12-23/h3-16,21,26H,17-20H2,1-2H3,(H,28,31)/t21-/m1/s1. The molecular weight excluding hydrogens is 462 g/mol. The molecule has 3 aromatic rings. The first kappa shape index (κ1) is 24.9. The summed E-state index contributed by atoms with van der Waals surface area (Å²) >= 11 is 0. The predicted molar refractivity (Wildman–Crippen MR) is 136 cm³/mol. The lowest BCUT2D eigenvalue weighted by Gasteiger charge is -2.39. The second-order valence-electron chi connectivity index (χ2n) is 8.51. The van der Waals surface area contributed by atoms with Crippen molar-refractivity contribution < 1.29 is 17.9 Å². The molecule has 0 unspecified atom stereocenters. The van der Waals surface area contributed by atoms with E-state index in [4.69, 9.17) is 4.74 Å². The van der Waals surface area contributed by atoms with Crippen molar-refractivity contribution >= 4 is 15.9 Å². The molecule has 0 aliphatic carbocycles. The molecule has 8 heteroatoms. The minimum Gasteiger partial charge on any atom is -0.481 e. The van der Waals surface area contributed by atoms with Crippen LogP contribution >= 0.6 is 0 Å². The van der Waals surface area contributed by atoms with E-state index in [1.165, 1.54) is 23.3 Å². The van der Waals surface area contributed by atoms with Gasteiger partial charge >= 0.3 is 0 Å². The van der Waals surface area contributed by atoms with E-state index in [0.717, 1.165) is 0 Å². The number of carbonyl (C=O) groups excluding carboxylic acids is 1. The first-order valence-electron chi connectivity index (χ1n) is 11.7. The fourth-order valence-corrected chi connectivity index (χ4v) is 5.81. The average molecular weight is 494 g/mol. The summed E-state index contributed by atoms with van der Waals surface area (Å²) in [6, 6.07) is 26.9. The Hall–Kier alpha value is -3.20. The summed E-state index contributed by atoms with van der Waals surface area (Å²) in [7, 11) is -2.09. The highest BCUT2D eigenvalue weighted by atomic mass is 32.2. The summed E-state index contributed by atoms with van der Waals surface area (Å²) in [6.45, 7) is 3.70. The molecular formula is C27H31N3O4S. The van der Waals surface area contributed by atoms with Crippen molar-refractivity contribution in [1.82, 2.24) is 14.5 Å². The highest BCUT2D eigenvalue weighted by Gasteiger charge is 2.32. The molecule has 1 saturated heterocycles. The summed E-state index contributed by atoms with van der Waals surface area (Å²) in [5.41, 5.74) is 2.38. The Morgan fingerprint density at radius 1 is 0.829 bits per heavy atom. The van der Waals surface area contributed by atoms with E-state index < -0.39 is 16.1 Å². The summed E-state index contributed by atoms with van der Waals surface area (Å²) in [6.07, 6.45) is -0.669. The van der Waals surface area contributed by atoms with Crippen LogP contribution in [0.3, 0.4) is 0 Å². The van der Waals surface area contributed by atoms with Crippen molar-refractivity contribution in [2.75, 3.05) is 33.2 Å². The van der Waals surface area contributed by atoms with Crippen LogP contribution in [-0.2, 0) is 14.8 Å². The number of sulfonamides is 1. The topological polar surface area (TPSA) is 78.9 Å². The fourth-order valence-electron chi connectivity index (χ4n) is 4.39. The van der Waals surface area contributed by atoms with E-state index in [9.17, 15) is 13.2 Å². The monoisotopic (exact) mass is 493 g/mol. The fraction of sp³-hybridized carbons (Fsp3) is 0.296. The van der Waals surface area contributed by atoms with Gasteiger partial charge in [-0.05, 0) is 42.3 Å². The maximum atomic E-state index is 13.3. The van der Waals surface area contributed by atoms with Crippen molar-refractivity contribution in [3.8, 4) is 5.75 Å². The zero-order valence-corrected chi connectivity index (χ0v) is 20.8. The van der Waals surface area contributed by atoms with E-state index in [1.807, 2.05) is 36.4 Å². The molecule has 35 heavy (non-hydrogen) atoms. The number of amides is 1. The third-order valence-corrected chi connectivity index (χ3v) is 8.17. The largest absolute Gasteiger partial charge is 0.481 e. The Kier molecular flexibility index (Phi) is 7.85. The van der Waals surface area contributed by atoms with E-state index in [2.05, 4.69) is 34.5 Å². The van der Waals surface area contributed by atoms with Crippen LogP contribution < -0.4 is 10.1 Å². The van der Waals surface area contributed by atoms with Crippen LogP contribution in [0, 0.1) is 0 Å². The van der Waals surface area contributed by atoms with Gasteiger partial charge in [0.1, 0.15) is 5.75 Å². The van der Waals surface area contributed by atoms with Crippen molar-refractivity contribution in [2.45, 2.75) is 24.0 Å². The second-order valence-corrected chi connectivity index (χ2v) is 10.4. The normalized spacial score (nSPS) is 16.1. The van der Waals surface area contributed by atoms with Gasteiger partial charge < -0.3 is 10.1 Å². The maximum Gasteiger partial charge on any atom is 0.260 e. The van der Waals surface area contributed by atoms with Gasteiger partial charge in [0.15, 0.2) is 6.10 Å². The number of rotatable bonds is 8. The molecule has 0 radical (unpaired) electrons. The van der Waals surface area contributed by atoms with Gasteiger partial charge in [-0.15, -0.1) is 0 Å². The maximum absolute atomic E-state index is 13.3. The van der Waals surface area contributed by atoms with E-state index in [1.54, 1.807) is 30.4 Å². The van der Waals surface area contributed by atoms with Crippen LogP contribution in [-0.4, -0.2) is 62.9 Å². The molecule has 7 nitrogen and oxygen atoms in total. The van der Waals surface area contributed by atoms with Gasteiger partial charge in [0.05, 0.1) is 10.9 Å². The van der Waals surface area contributed by atoms with E-state index >= 15 is 0 Å². The predicted octanol–water partition coefficient (Wildman–Crippen LogP) is 3.30.